The summed E-state index contributed by atoms with van der Waals surface area (Å²) in [6.07, 6.45) is 2.33. The fourth-order valence-corrected chi connectivity index (χ4v) is 1.95. The van der Waals surface area contributed by atoms with E-state index in [0.717, 1.165) is 12.8 Å². The maximum Gasteiger partial charge on any atom is 0.245 e. The van der Waals surface area contributed by atoms with E-state index < -0.39 is 5.54 Å². The van der Waals surface area contributed by atoms with Gasteiger partial charge < -0.3 is 15.5 Å². The molecule has 5 heteroatoms. The molecule has 0 aromatic rings. The molecule has 0 aromatic heterocycles. The average molecular weight is 225 g/mol. The van der Waals surface area contributed by atoms with Crippen LogP contribution >= 0.6 is 0 Å². The van der Waals surface area contributed by atoms with Crippen LogP contribution in [0.2, 0.25) is 0 Å². The largest absolute Gasteiger partial charge is 0.352 e. The van der Waals surface area contributed by atoms with E-state index in [9.17, 15) is 9.59 Å². The van der Waals surface area contributed by atoms with Crippen LogP contribution in [0.4, 0.5) is 0 Å². The molecule has 1 aliphatic heterocycles. The first-order valence-corrected chi connectivity index (χ1v) is 5.84. The lowest BCUT2D eigenvalue weighted by Crippen LogP contribution is -2.64. The molecule has 2 amide bonds. The van der Waals surface area contributed by atoms with Gasteiger partial charge in [-0.15, -0.1) is 0 Å². The molecule has 0 atom stereocenters. The molecule has 2 aliphatic rings. The summed E-state index contributed by atoms with van der Waals surface area (Å²) in [5.74, 6) is -0.0507. The molecule has 0 unspecified atom stereocenters. The summed E-state index contributed by atoms with van der Waals surface area (Å²) < 4.78 is 0. The van der Waals surface area contributed by atoms with Gasteiger partial charge in [0.1, 0.15) is 5.54 Å². The van der Waals surface area contributed by atoms with Crippen molar-refractivity contribution in [1.82, 2.24) is 15.5 Å². The van der Waals surface area contributed by atoms with Crippen LogP contribution in [0.25, 0.3) is 0 Å². The van der Waals surface area contributed by atoms with Crippen molar-refractivity contribution in [3.8, 4) is 0 Å². The van der Waals surface area contributed by atoms with E-state index >= 15 is 0 Å². The molecular weight excluding hydrogens is 206 g/mol. The molecule has 2 rings (SSSR count). The summed E-state index contributed by atoms with van der Waals surface area (Å²) in [4.78, 5) is 25.3. The Balaban J connectivity index is 1.94. The van der Waals surface area contributed by atoms with Crippen molar-refractivity contribution in [2.24, 2.45) is 0 Å². The third-order valence-corrected chi connectivity index (χ3v) is 3.27. The van der Waals surface area contributed by atoms with E-state index in [4.69, 9.17) is 0 Å². The molecule has 1 heterocycles. The van der Waals surface area contributed by atoms with Gasteiger partial charge in [-0.25, -0.2) is 0 Å². The number of rotatable bonds is 3. The fourth-order valence-electron chi connectivity index (χ4n) is 1.95. The van der Waals surface area contributed by atoms with Crippen molar-refractivity contribution in [2.75, 3.05) is 19.6 Å². The highest BCUT2D eigenvalue weighted by Gasteiger charge is 2.40. The summed E-state index contributed by atoms with van der Waals surface area (Å²) >= 11 is 0. The summed E-state index contributed by atoms with van der Waals surface area (Å²) in [5, 5.41) is 5.96. The van der Waals surface area contributed by atoms with Gasteiger partial charge in [-0.3, -0.25) is 9.59 Å². The Labute approximate surface area is 95.6 Å². The Morgan fingerprint density at radius 3 is 2.88 bits per heavy atom. The van der Waals surface area contributed by atoms with Crippen molar-refractivity contribution in [2.45, 2.75) is 38.3 Å². The summed E-state index contributed by atoms with van der Waals surface area (Å²) in [7, 11) is 0. The molecule has 1 aliphatic carbocycles. The minimum atomic E-state index is -0.722. The monoisotopic (exact) mass is 225 g/mol. The molecule has 0 bridgehead atoms. The Bertz CT molecular complexity index is 310. The van der Waals surface area contributed by atoms with E-state index in [2.05, 4.69) is 10.6 Å². The maximum absolute atomic E-state index is 12.0. The van der Waals surface area contributed by atoms with E-state index in [-0.39, 0.29) is 11.8 Å². The lowest BCUT2D eigenvalue weighted by atomic mass is 9.99. The molecular formula is C11H19N3O2. The van der Waals surface area contributed by atoms with Gasteiger partial charge in [-0.1, -0.05) is 0 Å². The Morgan fingerprint density at radius 2 is 2.25 bits per heavy atom. The Kier molecular flexibility index (Phi) is 2.88. The smallest absolute Gasteiger partial charge is 0.245 e. The first kappa shape index (κ1) is 11.4. The number of piperazine rings is 1. The van der Waals surface area contributed by atoms with Gasteiger partial charge in [0, 0.05) is 19.1 Å². The Hall–Kier alpha value is -1.10. The van der Waals surface area contributed by atoms with Crippen LogP contribution < -0.4 is 10.6 Å². The van der Waals surface area contributed by atoms with Crippen LogP contribution in [-0.2, 0) is 9.59 Å². The minimum Gasteiger partial charge on any atom is -0.352 e. The molecule has 0 aromatic carbocycles. The zero-order chi connectivity index (χ0) is 11.8. The SMILES string of the molecule is CC1(C)C(=O)NCCN1C(=O)CNC1CC1. The fraction of sp³-hybridized carbons (Fsp3) is 0.818. The third kappa shape index (κ3) is 2.19. The van der Waals surface area contributed by atoms with Crippen LogP contribution in [0.1, 0.15) is 26.7 Å². The lowest BCUT2D eigenvalue weighted by Gasteiger charge is -2.41. The molecule has 90 valence electrons. The molecule has 2 fully saturated rings. The Morgan fingerprint density at radius 1 is 1.56 bits per heavy atom. The first-order valence-electron chi connectivity index (χ1n) is 5.84. The van der Waals surface area contributed by atoms with Crippen LogP contribution in [0, 0.1) is 0 Å². The predicted octanol–water partition coefficient (Wildman–Crippen LogP) is -0.525. The van der Waals surface area contributed by atoms with Gasteiger partial charge in [-0.05, 0) is 26.7 Å². The van der Waals surface area contributed by atoms with Crippen LogP contribution in [-0.4, -0.2) is 47.9 Å². The lowest BCUT2D eigenvalue weighted by molar-refractivity contribution is -0.148. The maximum atomic E-state index is 12.0. The molecule has 2 N–H and O–H groups in total. The second kappa shape index (κ2) is 4.05. The first-order chi connectivity index (χ1) is 7.51. The highest BCUT2D eigenvalue weighted by molar-refractivity contribution is 5.92. The highest BCUT2D eigenvalue weighted by Crippen LogP contribution is 2.20. The number of nitrogens with zero attached hydrogens (tertiary/aromatic N) is 1. The number of hydrogen-bond donors (Lipinski definition) is 2. The van der Waals surface area contributed by atoms with Crippen molar-refractivity contribution in [3.05, 3.63) is 0 Å². The van der Waals surface area contributed by atoms with Gasteiger partial charge in [0.25, 0.3) is 0 Å². The van der Waals surface area contributed by atoms with Crippen LogP contribution in [0.5, 0.6) is 0 Å². The molecule has 16 heavy (non-hydrogen) atoms. The number of carbonyl (C=O) groups is 2. The quantitative estimate of drug-likeness (QED) is 0.679. The van der Waals surface area contributed by atoms with E-state index in [1.165, 1.54) is 0 Å². The van der Waals surface area contributed by atoms with Crippen molar-refractivity contribution in [3.63, 3.8) is 0 Å². The summed E-state index contributed by atoms with van der Waals surface area (Å²) in [6.45, 7) is 5.08. The van der Waals surface area contributed by atoms with Crippen LogP contribution in [0.3, 0.4) is 0 Å². The molecule has 0 spiro atoms. The highest BCUT2D eigenvalue weighted by atomic mass is 16.2. The van der Waals surface area contributed by atoms with E-state index in [1.807, 2.05) is 0 Å². The van der Waals surface area contributed by atoms with Gasteiger partial charge in [-0.2, -0.15) is 0 Å². The molecule has 5 nitrogen and oxygen atoms in total. The van der Waals surface area contributed by atoms with Crippen molar-refractivity contribution in [1.29, 1.82) is 0 Å². The zero-order valence-corrected chi connectivity index (χ0v) is 9.88. The normalized spacial score (nSPS) is 24.1. The summed E-state index contributed by atoms with van der Waals surface area (Å²) in [5.41, 5.74) is -0.722. The van der Waals surface area contributed by atoms with E-state index in [0.29, 0.717) is 25.7 Å². The van der Waals surface area contributed by atoms with Gasteiger partial charge >= 0.3 is 0 Å². The molecule has 1 saturated carbocycles. The minimum absolute atomic E-state index is 0.0201. The number of hydrogen-bond acceptors (Lipinski definition) is 3. The number of carbonyl (C=O) groups excluding carboxylic acids is 2. The van der Waals surface area contributed by atoms with E-state index in [1.54, 1.807) is 18.7 Å². The van der Waals surface area contributed by atoms with Gasteiger partial charge in [0.05, 0.1) is 6.54 Å². The number of nitrogens with one attached hydrogen (secondary N) is 2. The van der Waals surface area contributed by atoms with Crippen LogP contribution in [0.15, 0.2) is 0 Å². The predicted molar refractivity (Wildman–Crippen MR) is 59.8 cm³/mol. The number of amides is 2. The zero-order valence-electron chi connectivity index (χ0n) is 9.88. The standard InChI is InChI=1S/C11H19N3O2/c1-11(2)10(16)12-5-6-14(11)9(15)7-13-8-3-4-8/h8,13H,3-7H2,1-2H3,(H,12,16). The van der Waals surface area contributed by atoms with Crippen molar-refractivity contribution < 1.29 is 9.59 Å². The molecule has 0 radical (unpaired) electrons. The molecule has 1 saturated heterocycles. The second-order valence-corrected chi connectivity index (χ2v) is 5.02. The van der Waals surface area contributed by atoms with Crippen molar-refractivity contribution >= 4 is 11.8 Å². The third-order valence-electron chi connectivity index (χ3n) is 3.27. The summed E-state index contributed by atoms with van der Waals surface area (Å²) in [6, 6.07) is 0.519. The topological polar surface area (TPSA) is 61.4 Å². The second-order valence-electron chi connectivity index (χ2n) is 5.02. The van der Waals surface area contributed by atoms with Gasteiger partial charge in [0.2, 0.25) is 11.8 Å². The van der Waals surface area contributed by atoms with Gasteiger partial charge in [0.15, 0.2) is 0 Å². The average Bonchev–Trinajstić information content (AvgIpc) is 3.02.